The first-order valence-corrected chi connectivity index (χ1v) is 3.78. The van der Waals surface area contributed by atoms with Crippen LogP contribution in [0.5, 0.6) is 0 Å². The summed E-state index contributed by atoms with van der Waals surface area (Å²) in [5.74, 6) is -1.18. The molecule has 0 aliphatic carbocycles. The molecular weight excluding hydrogens is 169 g/mol. The Bertz CT molecular complexity index is 197. The number of nitrogens with two attached hydrogens (primary N) is 1. The van der Waals surface area contributed by atoms with Crippen LogP contribution in [0.25, 0.3) is 0 Å². The lowest BCUT2D eigenvalue weighted by atomic mass is 9.93. The minimum atomic E-state index is -4.13. The van der Waals surface area contributed by atoms with E-state index >= 15 is 0 Å². The minimum Gasteiger partial charge on any atom is -0.387 e. The fraction of sp³-hybridized carbons (Fsp3) is 0.857. The molecule has 0 saturated carbocycles. The van der Waals surface area contributed by atoms with E-state index in [0.29, 0.717) is 0 Å². The molecule has 0 radical (unpaired) electrons. The SMILES string of the molecule is C[C@H]1C[C@@H](C(F)(F)F)CC(N)=N1. The van der Waals surface area contributed by atoms with Gasteiger partial charge >= 0.3 is 6.18 Å². The molecule has 1 aliphatic rings. The van der Waals surface area contributed by atoms with Crippen LogP contribution >= 0.6 is 0 Å². The van der Waals surface area contributed by atoms with Gasteiger partial charge < -0.3 is 5.73 Å². The van der Waals surface area contributed by atoms with Crippen molar-refractivity contribution < 1.29 is 13.2 Å². The van der Waals surface area contributed by atoms with Gasteiger partial charge in [-0.2, -0.15) is 13.2 Å². The first-order valence-electron chi connectivity index (χ1n) is 3.78. The van der Waals surface area contributed by atoms with Crippen molar-refractivity contribution in [2.24, 2.45) is 16.6 Å². The zero-order valence-corrected chi connectivity index (χ0v) is 6.73. The van der Waals surface area contributed by atoms with Crippen molar-refractivity contribution in [3.8, 4) is 0 Å². The second-order valence-electron chi connectivity index (χ2n) is 3.15. The van der Waals surface area contributed by atoms with Crippen LogP contribution in [-0.2, 0) is 0 Å². The Labute approximate surface area is 68.7 Å². The average Bonchev–Trinajstić information content (AvgIpc) is 1.82. The van der Waals surface area contributed by atoms with Crippen LogP contribution in [-0.4, -0.2) is 18.1 Å². The topological polar surface area (TPSA) is 38.4 Å². The smallest absolute Gasteiger partial charge is 0.387 e. The van der Waals surface area contributed by atoms with Gasteiger partial charge in [-0.05, 0) is 13.3 Å². The van der Waals surface area contributed by atoms with E-state index in [-0.39, 0.29) is 24.7 Å². The second kappa shape index (κ2) is 2.95. The second-order valence-corrected chi connectivity index (χ2v) is 3.15. The van der Waals surface area contributed by atoms with Crippen molar-refractivity contribution in [3.05, 3.63) is 0 Å². The molecule has 0 aromatic carbocycles. The van der Waals surface area contributed by atoms with Crippen LogP contribution in [0, 0.1) is 5.92 Å². The number of aliphatic imine (C=N–C) groups is 1. The zero-order chi connectivity index (χ0) is 9.35. The molecule has 2 atom stereocenters. The van der Waals surface area contributed by atoms with Gasteiger partial charge in [0.2, 0.25) is 0 Å². The normalized spacial score (nSPS) is 31.5. The lowest BCUT2D eigenvalue weighted by Gasteiger charge is -2.26. The monoisotopic (exact) mass is 180 g/mol. The Hall–Kier alpha value is -0.740. The van der Waals surface area contributed by atoms with Gasteiger partial charge in [0.25, 0.3) is 0 Å². The number of nitrogens with zero attached hydrogens (tertiary/aromatic N) is 1. The van der Waals surface area contributed by atoms with Gasteiger partial charge in [0, 0.05) is 12.5 Å². The summed E-state index contributed by atoms with van der Waals surface area (Å²) in [5, 5.41) is 0. The summed E-state index contributed by atoms with van der Waals surface area (Å²) in [4.78, 5) is 3.84. The molecule has 2 nitrogen and oxygen atoms in total. The van der Waals surface area contributed by atoms with Crippen molar-refractivity contribution in [2.75, 3.05) is 0 Å². The number of rotatable bonds is 0. The molecule has 2 N–H and O–H groups in total. The van der Waals surface area contributed by atoms with Gasteiger partial charge in [0.05, 0.1) is 11.8 Å². The summed E-state index contributed by atoms with van der Waals surface area (Å²) in [6.45, 7) is 1.64. The largest absolute Gasteiger partial charge is 0.392 e. The fourth-order valence-electron chi connectivity index (χ4n) is 1.39. The predicted octanol–water partition coefficient (Wildman–Crippen LogP) is 1.70. The summed E-state index contributed by atoms with van der Waals surface area (Å²) < 4.78 is 36.5. The third-order valence-corrected chi connectivity index (χ3v) is 1.93. The standard InChI is InChI=1S/C7H11F3N2/c1-4-2-5(7(8,9)10)3-6(11)12-4/h4-5H,2-3H2,1H3,(H2,11,12)/t4-,5+/m0/s1. The fourth-order valence-corrected chi connectivity index (χ4v) is 1.39. The van der Waals surface area contributed by atoms with Crippen molar-refractivity contribution in [3.63, 3.8) is 0 Å². The Balaban J connectivity index is 2.68. The molecular formula is C7H11F3N2. The van der Waals surface area contributed by atoms with E-state index in [9.17, 15) is 13.2 Å². The third kappa shape index (κ3) is 2.12. The van der Waals surface area contributed by atoms with Crippen molar-refractivity contribution in [1.82, 2.24) is 0 Å². The minimum absolute atomic E-state index is 0.0597. The van der Waals surface area contributed by atoms with Gasteiger partial charge in [-0.1, -0.05) is 0 Å². The molecule has 0 bridgehead atoms. The third-order valence-electron chi connectivity index (χ3n) is 1.93. The van der Waals surface area contributed by atoms with E-state index in [0.717, 1.165) is 0 Å². The Kier molecular flexibility index (Phi) is 2.30. The lowest BCUT2D eigenvalue weighted by Crippen LogP contribution is -2.35. The number of halogens is 3. The van der Waals surface area contributed by atoms with Crippen LogP contribution in [0.4, 0.5) is 13.2 Å². The molecule has 12 heavy (non-hydrogen) atoms. The molecule has 0 amide bonds. The van der Waals surface area contributed by atoms with Crippen LogP contribution < -0.4 is 5.73 Å². The number of alkyl halides is 3. The van der Waals surface area contributed by atoms with Gasteiger partial charge in [0.15, 0.2) is 0 Å². The summed E-state index contributed by atoms with van der Waals surface area (Å²) >= 11 is 0. The highest BCUT2D eigenvalue weighted by Crippen LogP contribution is 2.34. The lowest BCUT2D eigenvalue weighted by molar-refractivity contribution is -0.176. The summed E-state index contributed by atoms with van der Waals surface area (Å²) in [6.07, 6.45) is -4.22. The maximum atomic E-state index is 12.2. The van der Waals surface area contributed by atoms with E-state index in [1.165, 1.54) is 0 Å². The van der Waals surface area contributed by atoms with Crippen LogP contribution in [0.2, 0.25) is 0 Å². The van der Waals surface area contributed by atoms with E-state index in [1.807, 2.05) is 0 Å². The molecule has 1 heterocycles. The van der Waals surface area contributed by atoms with Gasteiger partial charge in [-0.15, -0.1) is 0 Å². The van der Waals surface area contributed by atoms with E-state index < -0.39 is 12.1 Å². The summed E-state index contributed by atoms with van der Waals surface area (Å²) in [5.41, 5.74) is 5.26. The Morgan fingerprint density at radius 3 is 2.50 bits per heavy atom. The van der Waals surface area contributed by atoms with Gasteiger partial charge in [-0.3, -0.25) is 4.99 Å². The van der Waals surface area contributed by atoms with E-state index in [4.69, 9.17) is 5.73 Å². The number of amidine groups is 1. The predicted molar refractivity (Wildman–Crippen MR) is 39.9 cm³/mol. The highest BCUT2D eigenvalue weighted by atomic mass is 19.4. The maximum Gasteiger partial charge on any atom is 0.392 e. The molecule has 0 spiro atoms. The average molecular weight is 180 g/mol. The molecule has 1 rings (SSSR count). The van der Waals surface area contributed by atoms with Gasteiger partial charge in [0.1, 0.15) is 0 Å². The first-order chi connectivity index (χ1) is 5.39. The van der Waals surface area contributed by atoms with Crippen molar-refractivity contribution in [1.29, 1.82) is 0 Å². The highest BCUT2D eigenvalue weighted by molar-refractivity contribution is 5.81. The first kappa shape index (κ1) is 9.35. The Morgan fingerprint density at radius 1 is 1.50 bits per heavy atom. The molecule has 0 unspecified atom stereocenters. The van der Waals surface area contributed by atoms with E-state index in [2.05, 4.69) is 4.99 Å². The molecule has 0 fully saturated rings. The van der Waals surface area contributed by atoms with Crippen molar-refractivity contribution >= 4 is 5.84 Å². The van der Waals surface area contributed by atoms with Crippen LogP contribution in [0.15, 0.2) is 4.99 Å². The summed E-state index contributed by atoms with van der Waals surface area (Å²) in [7, 11) is 0. The molecule has 0 saturated heterocycles. The molecule has 0 aromatic rings. The quantitative estimate of drug-likeness (QED) is 0.605. The molecule has 70 valence electrons. The van der Waals surface area contributed by atoms with Gasteiger partial charge in [-0.25, -0.2) is 0 Å². The summed E-state index contributed by atoms with van der Waals surface area (Å²) in [6, 6.07) is -0.301. The number of hydrogen-bond acceptors (Lipinski definition) is 2. The van der Waals surface area contributed by atoms with Crippen LogP contribution in [0.1, 0.15) is 19.8 Å². The molecule has 5 heteroatoms. The number of hydrogen-bond donors (Lipinski definition) is 1. The molecule has 0 aromatic heterocycles. The van der Waals surface area contributed by atoms with E-state index in [1.54, 1.807) is 6.92 Å². The highest BCUT2D eigenvalue weighted by Gasteiger charge is 2.42. The van der Waals surface area contributed by atoms with Crippen molar-refractivity contribution in [2.45, 2.75) is 32.0 Å². The Morgan fingerprint density at radius 2 is 2.08 bits per heavy atom. The molecule has 1 aliphatic heterocycles. The zero-order valence-electron chi connectivity index (χ0n) is 6.73. The maximum absolute atomic E-state index is 12.2. The van der Waals surface area contributed by atoms with Crippen LogP contribution in [0.3, 0.4) is 0 Å².